The van der Waals surface area contributed by atoms with Crippen molar-refractivity contribution in [2.24, 2.45) is 11.7 Å². The van der Waals surface area contributed by atoms with E-state index in [0.29, 0.717) is 5.92 Å². The minimum Gasteiger partial charge on any atom is -0.316 e. The van der Waals surface area contributed by atoms with E-state index in [9.17, 15) is 0 Å². The summed E-state index contributed by atoms with van der Waals surface area (Å²) in [5, 5.41) is 3.24. The van der Waals surface area contributed by atoms with Crippen LogP contribution in [-0.2, 0) is 6.42 Å². The predicted molar refractivity (Wildman–Crippen MR) is 61.0 cm³/mol. The summed E-state index contributed by atoms with van der Waals surface area (Å²) in [5.74, 6) is 0.628. The van der Waals surface area contributed by atoms with Crippen LogP contribution in [0.3, 0.4) is 0 Å². The molecule has 0 aliphatic heterocycles. The average molecular weight is 192 g/mol. The lowest BCUT2D eigenvalue weighted by molar-refractivity contribution is 0.467. The van der Waals surface area contributed by atoms with Crippen molar-refractivity contribution in [3.63, 3.8) is 0 Å². The lowest BCUT2D eigenvalue weighted by Gasteiger charge is -2.14. The van der Waals surface area contributed by atoms with Crippen LogP contribution in [0.25, 0.3) is 0 Å². The maximum absolute atomic E-state index is 5.62. The van der Waals surface area contributed by atoms with Crippen molar-refractivity contribution < 1.29 is 0 Å². The fraction of sp³-hybridized carbons (Fsp3) is 0.500. The normalized spacial score (nSPS) is 15.1. The van der Waals surface area contributed by atoms with Gasteiger partial charge in [0, 0.05) is 0 Å². The van der Waals surface area contributed by atoms with Crippen molar-refractivity contribution in [2.45, 2.75) is 26.4 Å². The van der Waals surface area contributed by atoms with Gasteiger partial charge in [-0.1, -0.05) is 37.3 Å². The van der Waals surface area contributed by atoms with Gasteiger partial charge >= 0.3 is 0 Å². The van der Waals surface area contributed by atoms with Crippen LogP contribution in [0.4, 0.5) is 0 Å². The minimum absolute atomic E-state index is 0.0909. The second-order valence-corrected chi connectivity index (χ2v) is 3.99. The molecule has 1 aromatic carbocycles. The lowest BCUT2D eigenvalue weighted by Crippen LogP contribution is -2.37. The Kier molecular flexibility index (Phi) is 4.63. The zero-order valence-corrected chi connectivity index (χ0v) is 9.03. The largest absolute Gasteiger partial charge is 0.316 e. The summed E-state index contributed by atoms with van der Waals surface area (Å²) in [5.41, 5.74) is 7.02. The Bertz CT molecular complexity index is 244. The third-order valence-corrected chi connectivity index (χ3v) is 2.22. The molecule has 0 spiro atoms. The summed E-state index contributed by atoms with van der Waals surface area (Å²) >= 11 is 0. The molecule has 0 fully saturated rings. The van der Waals surface area contributed by atoms with Crippen LogP contribution in [0.1, 0.15) is 19.4 Å². The van der Waals surface area contributed by atoms with Gasteiger partial charge in [0.25, 0.3) is 0 Å². The Morgan fingerprint density at radius 1 is 1.21 bits per heavy atom. The maximum atomic E-state index is 5.62. The first-order valence-corrected chi connectivity index (χ1v) is 5.21. The zero-order valence-electron chi connectivity index (χ0n) is 9.03. The Labute approximate surface area is 86.5 Å². The molecular formula is C12H20N2. The smallest absolute Gasteiger partial charge is 0.0517 e. The highest BCUT2D eigenvalue weighted by Gasteiger charge is 2.03. The molecule has 1 aromatic rings. The van der Waals surface area contributed by atoms with Crippen molar-refractivity contribution in [2.75, 3.05) is 6.54 Å². The monoisotopic (exact) mass is 192 g/mol. The molecule has 3 N–H and O–H groups in total. The second kappa shape index (κ2) is 5.78. The van der Waals surface area contributed by atoms with Gasteiger partial charge in [0.2, 0.25) is 0 Å². The number of hydrogen-bond acceptors (Lipinski definition) is 2. The van der Waals surface area contributed by atoms with Gasteiger partial charge in [-0.25, -0.2) is 0 Å². The van der Waals surface area contributed by atoms with Crippen LogP contribution >= 0.6 is 0 Å². The van der Waals surface area contributed by atoms with E-state index >= 15 is 0 Å². The second-order valence-electron chi connectivity index (χ2n) is 3.99. The van der Waals surface area contributed by atoms with E-state index in [-0.39, 0.29) is 6.17 Å². The van der Waals surface area contributed by atoms with Gasteiger partial charge in [0.15, 0.2) is 0 Å². The number of hydrogen-bond donors (Lipinski definition) is 2. The van der Waals surface area contributed by atoms with Crippen molar-refractivity contribution in [3.05, 3.63) is 35.9 Å². The molecule has 0 saturated carbocycles. The molecule has 0 heterocycles. The van der Waals surface area contributed by atoms with Crippen LogP contribution in [0.5, 0.6) is 0 Å². The number of benzene rings is 1. The third kappa shape index (κ3) is 4.40. The zero-order chi connectivity index (χ0) is 10.4. The quantitative estimate of drug-likeness (QED) is 0.698. The molecule has 0 amide bonds. The van der Waals surface area contributed by atoms with E-state index in [1.807, 2.05) is 13.0 Å². The van der Waals surface area contributed by atoms with Crippen molar-refractivity contribution in [1.29, 1.82) is 0 Å². The highest BCUT2D eigenvalue weighted by molar-refractivity contribution is 5.15. The van der Waals surface area contributed by atoms with Crippen LogP contribution in [0.15, 0.2) is 30.3 Å². The number of rotatable bonds is 5. The SMILES string of the molecule is CC(CNC(C)N)Cc1ccccc1. The summed E-state index contributed by atoms with van der Waals surface area (Å²) < 4.78 is 0. The van der Waals surface area contributed by atoms with Gasteiger partial charge in [-0.15, -0.1) is 0 Å². The highest BCUT2D eigenvalue weighted by atomic mass is 15.0. The topological polar surface area (TPSA) is 38.0 Å². The molecule has 2 heteroatoms. The van der Waals surface area contributed by atoms with Crippen LogP contribution in [-0.4, -0.2) is 12.7 Å². The third-order valence-electron chi connectivity index (χ3n) is 2.22. The fourth-order valence-corrected chi connectivity index (χ4v) is 1.48. The van der Waals surface area contributed by atoms with E-state index in [4.69, 9.17) is 5.73 Å². The first kappa shape index (κ1) is 11.2. The molecule has 1 rings (SSSR count). The van der Waals surface area contributed by atoms with Crippen molar-refractivity contribution in [1.82, 2.24) is 5.32 Å². The molecule has 0 aliphatic rings. The van der Waals surface area contributed by atoms with Crippen molar-refractivity contribution in [3.8, 4) is 0 Å². The number of nitrogens with two attached hydrogens (primary N) is 1. The number of nitrogens with one attached hydrogen (secondary N) is 1. The maximum Gasteiger partial charge on any atom is 0.0517 e. The Morgan fingerprint density at radius 2 is 1.86 bits per heavy atom. The molecule has 14 heavy (non-hydrogen) atoms. The lowest BCUT2D eigenvalue weighted by atomic mass is 10.0. The van der Waals surface area contributed by atoms with Gasteiger partial charge in [-0.2, -0.15) is 0 Å². The van der Waals surface area contributed by atoms with Gasteiger partial charge in [0.05, 0.1) is 6.17 Å². The molecule has 0 radical (unpaired) electrons. The summed E-state index contributed by atoms with van der Waals surface area (Å²) in [6.45, 7) is 5.18. The van der Waals surface area contributed by atoms with E-state index in [2.05, 4.69) is 36.5 Å². The van der Waals surface area contributed by atoms with E-state index in [0.717, 1.165) is 13.0 Å². The summed E-state index contributed by atoms with van der Waals surface area (Å²) in [6.07, 6.45) is 1.20. The summed E-state index contributed by atoms with van der Waals surface area (Å²) in [7, 11) is 0. The van der Waals surface area contributed by atoms with E-state index in [1.54, 1.807) is 0 Å². The molecule has 0 aromatic heterocycles. The molecule has 2 atom stereocenters. The summed E-state index contributed by atoms with van der Waals surface area (Å²) in [6, 6.07) is 10.6. The highest BCUT2D eigenvalue weighted by Crippen LogP contribution is 2.06. The molecule has 0 bridgehead atoms. The van der Waals surface area contributed by atoms with E-state index in [1.165, 1.54) is 5.56 Å². The Hall–Kier alpha value is -0.860. The average Bonchev–Trinajstić information content (AvgIpc) is 2.16. The molecule has 0 saturated heterocycles. The predicted octanol–water partition coefficient (Wildman–Crippen LogP) is 1.76. The first-order valence-electron chi connectivity index (χ1n) is 5.21. The first-order chi connectivity index (χ1) is 6.68. The van der Waals surface area contributed by atoms with Crippen molar-refractivity contribution >= 4 is 0 Å². The Balaban J connectivity index is 2.30. The van der Waals surface area contributed by atoms with Crippen LogP contribution in [0.2, 0.25) is 0 Å². The summed E-state index contributed by atoms with van der Waals surface area (Å²) in [4.78, 5) is 0. The van der Waals surface area contributed by atoms with Gasteiger partial charge in [0.1, 0.15) is 0 Å². The van der Waals surface area contributed by atoms with Crippen LogP contribution in [0, 0.1) is 5.92 Å². The van der Waals surface area contributed by atoms with Gasteiger partial charge in [-0.05, 0) is 31.4 Å². The van der Waals surface area contributed by atoms with Gasteiger partial charge in [-0.3, -0.25) is 0 Å². The molecule has 2 nitrogen and oxygen atoms in total. The Morgan fingerprint density at radius 3 is 2.43 bits per heavy atom. The molecule has 2 unspecified atom stereocenters. The van der Waals surface area contributed by atoms with E-state index < -0.39 is 0 Å². The van der Waals surface area contributed by atoms with Crippen LogP contribution < -0.4 is 11.1 Å². The molecule has 78 valence electrons. The standard InChI is InChI=1S/C12H20N2/c1-10(9-14-11(2)13)8-12-6-4-3-5-7-12/h3-7,10-11,14H,8-9,13H2,1-2H3. The fourth-order valence-electron chi connectivity index (χ4n) is 1.48. The molecular weight excluding hydrogens is 172 g/mol. The minimum atomic E-state index is 0.0909. The molecule has 0 aliphatic carbocycles. The van der Waals surface area contributed by atoms with Gasteiger partial charge < -0.3 is 11.1 Å².